The van der Waals surface area contributed by atoms with Crippen LogP contribution in [0.2, 0.25) is 0 Å². The van der Waals surface area contributed by atoms with Gasteiger partial charge in [-0.15, -0.1) is 0 Å². The van der Waals surface area contributed by atoms with Crippen molar-refractivity contribution in [2.24, 2.45) is 5.92 Å². The molecule has 0 radical (unpaired) electrons. The van der Waals surface area contributed by atoms with Crippen LogP contribution in [0.1, 0.15) is 32.3 Å². The fourth-order valence-corrected chi connectivity index (χ4v) is 3.03. The Hall–Kier alpha value is -2.43. The van der Waals surface area contributed by atoms with Crippen LogP contribution in [-0.4, -0.2) is 35.5 Å². The van der Waals surface area contributed by atoms with Gasteiger partial charge in [0, 0.05) is 38.3 Å². The maximum absolute atomic E-state index is 11.1. The number of benzene rings is 1. The lowest BCUT2D eigenvalue weighted by Crippen LogP contribution is -2.31. The highest BCUT2D eigenvalue weighted by Crippen LogP contribution is 2.30. The molecule has 0 spiro atoms. The quantitative estimate of drug-likeness (QED) is 0.843. The van der Waals surface area contributed by atoms with Crippen LogP contribution in [-0.2, 0) is 11.2 Å². The van der Waals surface area contributed by atoms with Crippen LogP contribution >= 0.6 is 0 Å². The highest BCUT2D eigenvalue weighted by molar-refractivity contribution is 5.73. The second-order valence-corrected chi connectivity index (χ2v) is 7.07. The summed E-state index contributed by atoms with van der Waals surface area (Å²) in [6.07, 6.45) is 5.29. The third-order valence-corrected chi connectivity index (χ3v) is 4.45. The molecule has 1 amide bonds. The summed E-state index contributed by atoms with van der Waals surface area (Å²) < 4.78 is 0. The van der Waals surface area contributed by atoms with Crippen molar-refractivity contribution >= 4 is 11.9 Å². The van der Waals surface area contributed by atoms with Crippen molar-refractivity contribution in [3.05, 3.63) is 42.1 Å². The van der Waals surface area contributed by atoms with Gasteiger partial charge in [-0.3, -0.25) is 4.79 Å². The maximum Gasteiger partial charge on any atom is 0.225 e. The van der Waals surface area contributed by atoms with E-state index in [-0.39, 0.29) is 11.9 Å². The number of nitrogens with zero attached hydrogens (tertiary/aromatic N) is 3. The summed E-state index contributed by atoms with van der Waals surface area (Å²) in [6, 6.07) is 10.5. The number of hydrogen-bond acceptors (Lipinski definition) is 4. The smallest absolute Gasteiger partial charge is 0.225 e. The number of amides is 1. The van der Waals surface area contributed by atoms with Crippen LogP contribution in [0, 0.1) is 5.92 Å². The van der Waals surface area contributed by atoms with Gasteiger partial charge in [0.15, 0.2) is 0 Å². The Bertz CT molecular complexity index is 725. The zero-order valence-corrected chi connectivity index (χ0v) is 15.2. The van der Waals surface area contributed by atoms with Crippen molar-refractivity contribution in [3.8, 4) is 11.3 Å². The van der Waals surface area contributed by atoms with E-state index >= 15 is 0 Å². The first kappa shape index (κ1) is 17.4. The van der Waals surface area contributed by atoms with E-state index in [2.05, 4.69) is 46.5 Å². The number of anilines is 1. The van der Waals surface area contributed by atoms with E-state index in [1.54, 1.807) is 6.92 Å². The second kappa shape index (κ2) is 7.64. The van der Waals surface area contributed by atoms with Crippen molar-refractivity contribution in [2.45, 2.75) is 39.2 Å². The number of nitrogens with one attached hydrogen (secondary N) is 1. The zero-order chi connectivity index (χ0) is 17.8. The monoisotopic (exact) mass is 338 g/mol. The fourth-order valence-electron chi connectivity index (χ4n) is 3.03. The van der Waals surface area contributed by atoms with Crippen molar-refractivity contribution in [3.63, 3.8) is 0 Å². The Morgan fingerprint density at radius 2 is 2.00 bits per heavy atom. The molecule has 1 saturated carbocycles. The van der Waals surface area contributed by atoms with Gasteiger partial charge in [0.25, 0.3) is 0 Å². The number of hydrogen-bond donors (Lipinski definition) is 1. The molecule has 1 aromatic heterocycles. The summed E-state index contributed by atoms with van der Waals surface area (Å²) in [6.45, 7) is 4.59. The van der Waals surface area contributed by atoms with Crippen LogP contribution in [0.5, 0.6) is 0 Å². The lowest BCUT2D eigenvalue weighted by molar-refractivity contribution is -0.119. The highest BCUT2D eigenvalue weighted by Gasteiger charge is 2.23. The third-order valence-electron chi connectivity index (χ3n) is 4.45. The second-order valence-electron chi connectivity index (χ2n) is 7.07. The molecular weight excluding hydrogens is 312 g/mol. The highest BCUT2D eigenvalue weighted by atomic mass is 16.1. The topological polar surface area (TPSA) is 58.1 Å². The summed E-state index contributed by atoms with van der Waals surface area (Å²) in [5.41, 5.74) is 3.22. The van der Waals surface area contributed by atoms with Gasteiger partial charge in [-0.2, -0.15) is 0 Å². The minimum atomic E-state index is 0.00736. The molecular formula is C20H26N4O. The van der Waals surface area contributed by atoms with Gasteiger partial charge < -0.3 is 10.2 Å². The van der Waals surface area contributed by atoms with Crippen molar-refractivity contribution < 1.29 is 4.79 Å². The van der Waals surface area contributed by atoms with Crippen molar-refractivity contribution in [2.75, 3.05) is 18.5 Å². The molecule has 0 bridgehead atoms. The number of carbonyl (C=O) groups excluding carboxylic acids is 1. The van der Waals surface area contributed by atoms with E-state index in [9.17, 15) is 4.79 Å². The molecule has 1 aliphatic rings. The van der Waals surface area contributed by atoms with Crippen LogP contribution in [0.15, 0.2) is 36.5 Å². The van der Waals surface area contributed by atoms with Crippen LogP contribution < -0.4 is 10.2 Å². The van der Waals surface area contributed by atoms with E-state index in [1.165, 1.54) is 18.4 Å². The summed E-state index contributed by atoms with van der Waals surface area (Å²) in [5.74, 6) is 1.60. The molecule has 5 heteroatoms. The van der Waals surface area contributed by atoms with Crippen molar-refractivity contribution in [1.29, 1.82) is 0 Å². The SMILES string of the molecule is CC(=O)NC(C)Cc1ccc(-c2ccnc(N(C)CC3CC3)n2)cc1. The first-order chi connectivity index (χ1) is 12.0. The minimum absolute atomic E-state index is 0.00736. The van der Waals surface area contributed by atoms with Gasteiger partial charge >= 0.3 is 0 Å². The number of carbonyl (C=O) groups is 1. The molecule has 1 heterocycles. The third kappa shape index (κ3) is 5.02. The van der Waals surface area contributed by atoms with E-state index in [0.717, 1.165) is 36.1 Å². The normalized spacial score (nSPS) is 14.8. The van der Waals surface area contributed by atoms with Gasteiger partial charge in [0.2, 0.25) is 11.9 Å². The molecule has 1 atom stereocenters. The Kier molecular flexibility index (Phi) is 5.31. The van der Waals surface area contributed by atoms with Gasteiger partial charge in [-0.05, 0) is 43.7 Å². The molecule has 1 unspecified atom stereocenters. The molecule has 1 fully saturated rings. The maximum atomic E-state index is 11.1. The van der Waals surface area contributed by atoms with E-state index in [1.807, 2.05) is 19.2 Å². The summed E-state index contributed by atoms with van der Waals surface area (Å²) >= 11 is 0. The molecule has 2 aromatic rings. The first-order valence-electron chi connectivity index (χ1n) is 8.92. The first-order valence-corrected chi connectivity index (χ1v) is 8.92. The Morgan fingerprint density at radius 1 is 1.28 bits per heavy atom. The van der Waals surface area contributed by atoms with Gasteiger partial charge in [-0.25, -0.2) is 9.97 Å². The van der Waals surface area contributed by atoms with Crippen LogP contribution in [0.3, 0.4) is 0 Å². The molecule has 5 nitrogen and oxygen atoms in total. The zero-order valence-electron chi connectivity index (χ0n) is 15.2. The molecule has 1 aliphatic carbocycles. The molecule has 0 saturated heterocycles. The van der Waals surface area contributed by atoms with E-state index in [4.69, 9.17) is 4.98 Å². The van der Waals surface area contributed by atoms with Crippen molar-refractivity contribution in [1.82, 2.24) is 15.3 Å². The number of aromatic nitrogens is 2. The Balaban J connectivity index is 1.68. The molecule has 1 aromatic carbocycles. The fraction of sp³-hybridized carbons (Fsp3) is 0.450. The average Bonchev–Trinajstić information content (AvgIpc) is 3.39. The van der Waals surface area contributed by atoms with Crippen LogP contribution in [0.25, 0.3) is 11.3 Å². The van der Waals surface area contributed by atoms with Gasteiger partial charge in [0.1, 0.15) is 0 Å². The summed E-state index contributed by atoms with van der Waals surface area (Å²) in [7, 11) is 2.06. The Morgan fingerprint density at radius 3 is 2.64 bits per heavy atom. The average molecular weight is 338 g/mol. The molecule has 25 heavy (non-hydrogen) atoms. The summed E-state index contributed by atoms with van der Waals surface area (Å²) in [4.78, 5) is 22.4. The molecule has 1 N–H and O–H groups in total. The van der Waals surface area contributed by atoms with Gasteiger partial charge in [-0.1, -0.05) is 24.3 Å². The van der Waals surface area contributed by atoms with Gasteiger partial charge in [0.05, 0.1) is 5.69 Å². The number of rotatable bonds is 7. The lowest BCUT2D eigenvalue weighted by Gasteiger charge is -2.17. The van der Waals surface area contributed by atoms with E-state index in [0.29, 0.717) is 0 Å². The minimum Gasteiger partial charge on any atom is -0.354 e. The molecule has 0 aliphatic heterocycles. The van der Waals surface area contributed by atoms with Crippen LogP contribution in [0.4, 0.5) is 5.95 Å². The van der Waals surface area contributed by atoms with E-state index < -0.39 is 0 Å². The summed E-state index contributed by atoms with van der Waals surface area (Å²) in [5, 5.41) is 2.91. The predicted octanol–water partition coefficient (Wildman–Crippen LogP) is 3.06. The lowest BCUT2D eigenvalue weighted by atomic mass is 10.0. The standard InChI is InChI=1S/C20H26N4O/c1-14(22-15(2)25)12-16-6-8-18(9-7-16)19-10-11-21-20(23-19)24(3)13-17-4-5-17/h6-11,14,17H,4-5,12-13H2,1-3H3,(H,22,25). The predicted molar refractivity (Wildman–Crippen MR) is 100 cm³/mol. The molecule has 132 valence electrons. The molecule has 3 rings (SSSR count). The largest absolute Gasteiger partial charge is 0.354 e. The Labute approximate surface area is 149 Å².